The van der Waals surface area contributed by atoms with Crippen molar-refractivity contribution in [2.75, 3.05) is 18.0 Å². The fourth-order valence-corrected chi connectivity index (χ4v) is 2.22. The molecule has 0 unspecified atom stereocenters. The summed E-state index contributed by atoms with van der Waals surface area (Å²) in [4.78, 5) is 6.88. The van der Waals surface area contributed by atoms with Crippen LogP contribution in [0.2, 0.25) is 0 Å². The van der Waals surface area contributed by atoms with Crippen molar-refractivity contribution in [2.45, 2.75) is 31.7 Å². The highest BCUT2D eigenvalue weighted by atomic mass is 79.9. The first-order valence-corrected chi connectivity index (χ1v) is 6.69. The summed E-state index contributed by atoms with van der Waals surface area (Å²) in [5.74, 6) is 1.08. The van der Waals surface area contributed by atoms with Gasteiger partial charge in [0, 0.05) is 23.3 Å². The number of hydrogen-bond donors (Lipinski definition) is 1. The van der Waals surface area contributed by atoms with E-state index in [-0.39, 0.29) is 0 Å². The summed E-state index contributed by atoms with van der Waals surface area (Å²) in [6.45, 7) is 1.77. The molecule has 0 radical (unpaired) electrons. The normalized spacial score (nSPS) is 15.9. The lowest BCUT2D eigenvalue weighted by Crippen LogP contribution is -2.41. The van der Waals surface area contributed by atoms with Crippen LogP contribution in [0.25, 0.3) is 0 Å². The van der Waals surface area contributed by atoms with Crippen LogP contribution in [-0.2, 0) is 0 Å². The molecular weight excluding hydrogens is 266 g/mol. The summed E-state index contributed by atoms with van der Waals surface area (Å²) in [7, 11) is 0. The van der Waals surface area contributed by atoms with Gasteiger partial charge in [-0.2, -0.15) is 0 Å². The van der Waals surface area contributed by atoms with Crippen molar-refractivity contribution in [2.24, 2.45) is 5.73 Å². The van der Waals surface area contributed by atoms with Gasteiger partial charge in [0.05, 0.1) is 0 Å². The van der Waals surface area contributed by atoms with Crippen LogP contribution in [0.4, 0.5) is 5.82 Å². The zero-order valence-electron chi connectivity index (χ0n) is 9.40. The molecule has 0 aromatic carbocycles. The monoisotopic (exact) mass is 283 g/mol. The second-order valence-electron chi connectivity index (χ2n) is 4.25. The Bertz CT molecular complexity index is 322. The molecule has 0 amide bonds. The first-order chi connectivity index (χ1) is 7.81. The van der Waals surface area contributed by atoms with Crippen LogP contribution in [0.5, 0.6) is 0 Å². The topological polar surface area (TPSA) is 42.1 Å². The van der Waals surface area contributed by atoms with E-state index in [1.54, 1.807) is 0 Å². The van der Waals surface area contributed by atoms with Crippen molar-refractivity contribution >= 4 is 21.7 Å². The molecule has 2 rings (SSSR count). The van der Waals surface area contributed by atoms with Crippen molar-refractivity contribution < 1.29 is 0 Å². The maximum atomic E-state index is 5.58. The molecule has 88 valence electrons. The molecule has 1 aliphatic carbocycles. The lowest BCUT2D eigenvalue weighted by Gasteiger charge is -2.38. The molecule has 1 aromatic rings. The molecule has 0 atom stereocenters. The number of hydrogen-bond acceptors (Lipinski definition) is 3. The molecule has 0 aliphatic heterocycles. The zero-order chi connectivity index (χ0) is 11.4. The van der Waals surface area contributed by atoms with E-state index in [0.717, 1.165) is 29.8 Å². The van der Waals surface area contributed by atoms with Crippen LogP contribution >= 0.6 is 15.9 Å². The molecule has 0 spiro atoms. The molecular formula is C12H18BrN3. The van der Waals surface area contributed by atoms with Gasteiger partial charge in [-0.1, -0.05) is 0 Å². The van der Waals surface area contributed by atoms with Crippen LogP contribution < -0.4 is 10.6 Å². The van der Waals surface area contributed by atoms with Gasteiger partial charge in [0.25, 0.3) is 0 Å². The average molecular weight is 284 g/mol. The first kappa shape index (κ1) is 11.9. The fraction of sp³-hybridized carbons (Fsp3) is 0.583. The summed E-state index contributed by atoms with van der Waals surface area (Å²) in [5.41, 5.74) is 5.58. The molecule has 0 saturated heterocycles. The summed E-state index contributed by atoms with van der Waals surface area (Å²) in [6, 6.07) is 4.82. The second kappa shape index (κ2) is 5.64. The maximum absolute atomic E-state index is 5.58. The third-order valence-electron chi connectivity index (χ3n) is 3.12. The number of halogens is 1. The van der Waals surface area contributed by atoms with Crippen molar-refractivity contribution in [1.29, 1.82) is 0 Å². The summed E-state index contributed by atoms with van der Waals surface area (Å²) < 4.78 is 1.03. The number of nitrogens with two attached hydrogens (primary N) is 1. The largest absolute Gasteiger partial charge is 0.354 e. The molecule has 16 heavy (non-hydrogen) atoms. The second-order valence-corrected chi connectivity index (χ2v) is 5.17. The van der Waals surface area contributed by atoms with Crippen molar-refractivity contribution in [3.05, 3.63) is 22.8 Å². The minimum absolute atomic E-state index is 0.681. The Kier molecular flexibility index (Phi) is 4.18. The van der Waals surface area contributed by atoms with Crippen LogP contribution in [-0.4, -0.2) is 24.1 Å². The first-order valence-electron chi connectivity index (χ1n) is 5.89. The number of anilines is 1. The van der Waals surface area contributed by atoms with Gasteiger partial charge >= 0.3 is 0 Å². The summed E-state index contributed by atoms with van der Waals surface area (Å²) >= 11 is 3.41. The Morgan fingerprint density at radius 2 is 2.25 bits per heavy atom. The highest BCUT2D eigenvalue weighted by Gasteiger charge is 2.25. The molecule has 1 aliphatic rings. The Labute approximate surface area is 105 Å². The molecule has 1 fully saturated rings. The van der Waals surface area contributed by atoms with Gasteiger partial charge in [0.15, 0.2) is 0 Å². The molecule has 1 heterocycles. The van der Waals surface area contributed by atoms with Crippen LogP contribution in [0, 0.1) is 0 Å². The van der Waals surface area contributed by atoms with E-state index in [2.05, 4.69) is 37.9 Å². The van der Waals surface area contributed by atoms with E-state index in [1.165, 1.54) is 19.3 Å². The molecule has 1 aromatic heterocycles. The average Bonchev–Trinajstić information content (AvgIpc) is 2.23. The summed E-state index contributed by atoms with van der Waals surface area (Å²) in [5, 5.41) is 0. The minimum atomic E-state index is 0.681. The third-order valence-corrected chi connectivity index (χ3v) is 3.59. The molecule has 3 nitrogen and oxygen atoms in total. The summed E-state index contributed by atoms with van der Waals surface area (Å²) in [6.07, 6.45) is 6.84. The lowest BCUT2D eigenvalue weighted by molar-refractivity contribution is 0.383. The van der Waals surface area contributed by atoms with Crippen molar-refractivity contribution in [1.82, 2.24) is 4.98 Å². The smallest absolute Gasteiger partial charge is 0.128 e. The molecule has 0 bridgehead atoms. The van der Waals surface area contributed by atoms with Gasteiger partial charge in [-0.05, 0) is 60.3 Å². The number of nitrogens with zero attached hydrogens (tertiary/aromatic N) is 2. The Hall–Kier alpha value is -0.610. The molecule has 2 N–H and O–H groups in total. The van der Waals surface area contributed by atoms with E-state index in [9.17, 15) is 0 Å². The SMILES string of the molecule is NCCCN(c1ccc(Br)cn1)C1CCC1. The number of rotatable bonds is 5. The Morgan fingerprint density at radius 3 is 2.75 bits per heavy atom. The highest BCUT2D eigenvalue weighted by molar-refractivity contribution is 9.10. The lowest BCUT2D eigenvalue weighted by atomic mass is 9.91. The van der Waals surface area contributed by atoms with Gasteiger partial charge in [0.2, 0.25) is 0 Å². The molecule has 1 saturated carbocycles. The highest BCUT2D eigenvalue weighted by Crippen LogP contribution is 2.28. The third kappa shape index (κ3) is 2.74. The minimum Gasteiger partial charge on any atom is -0.354 e. The van der Waals surface area contributed by atoms with Gasteiger partial charge in [-0.25, -0.2) is 4.98 Å². The van der Waals surface area contributed by atoms with E-state index < -0.39 is 0 Å². The molecule has 4 heteroatoms. The van der Waals surface area contributed by atoms with E-state index in [1.807, 2.05) is 6.20 Å². The van der Waals surface area contributed by atoms with E-state index in [4.69, 9.17) is 5.73 Å². The quantitative estimate of drug-likeness (QED) is 0.903. The van der Waals surface area contributed by atoms with E-state index >= 15 is 0 Å². The van der Waals surface area contributed by atoms with Gasteiger partial charge in [-0.3, -0.25) is 0 Å². The predicted octanol–water partition coefficient (Wildman–Crippen LogP) is 2.55. The van der Waals surface area contributed by atoms with E-state index in [0.29, 0.717) is 6.04 Å². The Balaban J connectivity index is 2.07. The maximum Gasteiger partial charge on any atom is 0.128 e. The van der Waals surface area contributed by atoms with Gasteiger partial charge in [-0.15, -0.1) is 0 Å². The predicted molar refractivity (Wildman–Crippen MR) is 70.6 cm³/mol. The standard InChI is InChI=1S/C12H18BrN3/c13-10-5-6-12(15-9-10)16(8-2-7-14)11-3-1-4-11/h5-6,9,11H,1-4,7-8,14H2. The van der Waals surface area contributed by atoms with Crippen molar-refractivity contribution in [3.63, 3.8) is 0 Å². The zero-order valence-corrected chi connectivity index (χ0v) is 11.0. The van der Waals surface area contributed by atoms with Crippen molar-refractivity contribution in [3.8, 4) is 0 Å². The van der Waals surface area contributed by atoms with Crippen LogP contribution in [0.3, 0.4) is 0 Å². The van der Waals surface area contributed by atoms with Crippen LogP contribution in [0.1, 0.15) is 25.7 Å². The Morgan fingerprint density at radius 1 is 1.44 bits per heavy atom. The van der Waals surface area contributed by atoms with Gasteiger partial charge < -0.3 is 10.6 Å². The number of pyridine rings is 1. The van der Waals surface area contributed by atoms with Gasteiger partial charge in [0.1, 0.15) is 5.82 Å². The van der Waals surface area contributed by atoms with Crippen LogP contribution in [0.15, 0.2) is 22.8 Å². The number of aromatic nitrogens is 1. The fourth-order valence-electron chi connectivity index (χ4n) is 1.98.